The van der Waals surface area contributed by atoms with E-state index in [4.69, 9.17) is 5.73 Å². The fourth-order valence-corrected chi connectivity index (χ4v) is 4.78. The maximum Gasteiger partial charge on any atom is 0.244 e. The number of unbranched alkanes of at least 4 members (excludes halogenated alkanes) is 1. The zero-order valence-corrected chi connectivity index (χ0v) is 14.7. The summed E-state index contributed by atoms with van der Waals surface area (Å²) in [5.74, 6) is 1.68. The first-order valence-electron chi connectivity index (χ1n) is 9.04. The van der Waals surface area contributed by atoms with Crippen LogP contribution >= 0.6 is 11.8 Å². The Hall–Kier alpha value is -1.00. The van der Waals surface area contributed by atoms with Gasteiger partial charge >= 0.3 is 0 Å². The van der Waals surface area contributed by atoms with Crippen LogP contribution in [0.15, 0.2) is 29.2 Å². The van der Waals surface area contributed by atoms with Crippen LogP contribution in [0.3, 0.4) is 0 Å². The van der Waals surface area contributed by atoms with Crippen LogP contribution in [0.25, 0.3) is 0 Å². The van der Waals surface area contributed by atoms with E-state index in [-0.39, 0.29) is 11.9 Å². The van der Waals surface area contributed by atoms with Crippen molar-refractivity contribution in [1.82, 2.24) is 0 Å². The van der Waals surface area contributed by atoms with Gasteiger partial charge in [-0.15, -0.1) is 11.8 Å². The van der Waals surface area contributed by atoms with Gasteiger partial charge in [0.2, 0.25) is 5.91 Å². The molecule has 1 aromatic rings. The van der Waals surface area contributed by atoms with E-state index < -0.39 is 0 Å². The van der Waals surface area contributed by atoms with Gasteiger partial charge in [-0.05, 0) is 24.5 Å². The van der Waals surface area contributed by atoms with E-state index >= 15 is 0 Å². The Kier molecular flexibility index (Phi) is 6.01. The summed E-state index contributed by atoms with van der Waals surface area (Å²) in [6.45, 7) is 0.802. The smallest absolute Gasteiger partial charge is 0.244 e. The zero-order valence-electron chi connectivity index (χ0n) is 13.9. The van der Waals surface area contributed by atoms with Crippen LogP contribution in [0.4, 0.5) is 5.69 Å². The zero-order chi connectivity index (χ0) is 16.1. The van der Waals surface area contributed by atoms with Gasteiger partial charge in [0, 0.05) is 17.2 Å². The van der Waals surface area contributed by atoms with Crippen LogP contribution in [0.1, 0.15) is 51.4 Å². The lowest BCUT2D eigenvalue weighted by atomic mass is 9.86. The highest BCUT2D eigenvalue weighted by Gasteiger charge is 2.27. The van der Waals surface area contributed by atoms with E-state index in [1.165, 1.54) is 49.8 Å². The van der Waals surface area contributed by atoms with Gasteiger partial charge < -0.3 is 10.6 Å². The molecular weight excluding hydrogens is 304 g/mol. The summed E-state index contributed by atoms with van der Waals surface area (Å²) in [6.07, 6.45) is 10.7. The van der Waals surface area contributed by atoms with E-state index in [0.717, 1.165) is 24.6 Å². The number of nitrogens with zero attached hydrogens (tertiary/aromatic N) is 1. The highest BCUT2D eigenvalue weighted by molar-refractivity contribution is 7.99. The second-order valence-corrected chi connectivity index (χ2v) is 7.94. The van der Waals surface area contributed by atoms with E-state index in [9.17, 15) is 4.79 Å². The van der Waals surface area contributed by atoms with Gasteiger partial charge in [-0.3, -0.25) is 4.79 Å². The molecule has 1 fully saturated rings. The number of carbonyl (C=O) groups is 1. The molecule has 1 atom stereocenters. The van der Waals surface area contributed by atoms with Crippen molar-refractivity contribution < 1.29 is 4.79 Å². The second kappa shape index (κ2) is 8.20. The number of para-hydroxylation sites is 1. The van der Waals surface area contributed by atoms with Crippen LogP contribution in [-0.4, -0.2) is 24.2 Å². The summed E-state index contributed by atoms with van der Waals surface area (Å²) in [5, 5.41) is 0. The summed E-state index contributed by atoms with van der Waals surface area (Å²) >= 11 is 1.70. The fourth-order valence-electron chi connectivity index (χ4n) is 3.78. The number of anilines is 1. The van der Waals surface area contributed by atoms with Gasteiger partial charge in [0.15, 0.2) is 0 Å². The van der Waals surface area contributed by atoms with Crippen molar-refractivity contribution in [2.45, 2.75) is 62.3 Å². The molecule has 0 bridgehead atoms. The van der Waals surface area contributed by atoms with Crippen LogP contribution in [0.2, 0.25) is 0 Å². The molecule has 3 nitrogen and oxygen atoms in total. The first-order chi connectivity index (χ1) is 11.3. The van der Waals surface area contributed by atoms with Crippen molar-refractivity contribution in [3.8, 4) is 0 Å². The van der Waals surface area contributed by atoms with Crippen LogP contribution in [0, 0.1) is 5.92 Å². The van der Waals surface area contributed by atoms with E-state index in [2.05, 4.69) is 12.1 Å². The Labute approximate surface area is 144 Å². The molecule has 0 spiro atoms. The van der Waals surface area contributed by atoms with Crippen molar-refractivity contribution in [1.29, 1.82) is 0 Å². The Bertz CT molecular complexity index is 528. The molecule has 2 aliphatic rings. The largest absolute Gasteiger partial charge is 0.319 e. The lowest BCUT2D eigenvalue weighted by Crippen LogP contribution is -2.44. The van der Waals surface area contributed by atoms with Gasteiger partial charge in [0.1, 0.15) is 0 Å². The molecule has 1 aliphatic heterocycles. The molecule has 126 valence electrons. The van der Waals surface area contributed by atoms with E-state index in [0.29, 0.717) is 5.75 Å². The number of amides is 1. The highest BCUT2D eigenvalue weighted by Crippen LogP contribution is 2.34. The number of hydrogen-bond donors (Lipinski definition) is 1. The van der Waals surface area contributed by atoms with Crippen LogP contribution in [-0.2, 0) is 4.79 Å². The number of carbonyl (C=O) groups excluding carboxylic acids is 1. The lowest BCUT2D eigenvalue weighted by molar-refractivity contribution is -0.119. The van der Waals surface area contributed by atoms with Gasteiger partial charge in [-0.2, -0.15) is 0 Å². The number of hydrogen-bond acceptors (Lipinski definition) is 3. The molecule has 0 radical (unpaired) electrons. The molecule has 3 rings (SSSR count). The average molecular weight is 333 g/mol. The number of nitrogens with two attached hydrogens (primary N) is 1. The van der Waals surface area contributed by atoms with Crippen molar-refractivity contribution in [2.24, 2.45) is 11.7 Å². The molecule has 0 saturated heterocycles. The third kappa shape index (κ3) is 4.30. The predicted octanol–water partition coefficient (Wildman–Crippen LogP) is 4.20. The SMILES string of the molecule is N[C@H]1CSc2ccccc2N(CCCCC2CCCCC2)C1=O. The molecule has 1 amide bonds. The Morgan fingerprint density at radius 1 is 1.13 bits per heavy atom. The molecular formula is C19H28N2OS. The van der Waals surface area contributed by atoms with Gasteiger partial charge in [0.25, 0.3) is 0 Å². The van der Waals surface area contributed by atoms with Gasteiger partial charge in [0.05, 0.1) is 11.7 Å². The number of thioether (sulfide) groups is 1. The molecule has 1 heterocycles. The summed E-state index contributed by atoms with van der Waals surface area (Å²) in [4.78, 5) is 15.7. The average Bonchev–Trinajstić information content (AvgIpc) is 2.71. The molecule has 23 heavy (non-hydrogen) atoms. The van der Waals surface area contributed by atoms with Crippen LogP contribution in [0.5, 0.6) is 0 Å². The third-order valence-corrected chi connectivity index (χ3v) is 6.31. The highest BCUT2D eigenvalue weighted by atomic mass is 32.2. The Morgan fingerprint density at radius 2 is 1.91 bits per heavy atom. The minimum atomic E-state index is -0.384. The maximum atomic E-state index is 12.6. The molecule has 0 aromatic heterocycles. The molecule has 4 heteroatoms. The van der Waals surface area contributed by atoms with E-state index in [1.54, 1.807) is 11.8 Å². The number of rotatable bonds is 5. The quantitative estimate of drug-likeness (QED) is 0.822. The van der Waals surface area contributed by atoms with E-state index in [1.807, 2.05) is 17.0 Å². The maximum absolute atomic E-state index is 12.6. The van der Waals surface area contributed by atoms with Crippen molar-refractivity contribution in [3.63, 3.8) is 0 Å². The van der Waals surface area contributed by atoms with Gasteiger partial charge in [-0.1, -0.05) is 57.1 Å². The number of benzene rings is 1. The van der Waals surface area contributed by atoms with Crippen LogP contribution < -0.4 is 10.6 Å². The minimum absolute atomic E-state index is 0.0834. The Morgan fingerprint density at radius 3 is 2.74 bits per heavy atom. The molecule has 0 unspecified atom stereocenters. The minimum Gasteiger partial charge on any atom is -0.319 e. The fraction of sp³-hybridized carbons (Fsp3) is 0.632. The van der Waals surface area contributed by atoms with Gasteiger partial charge in [-0.25, -0.2) is 0 Å². The molecule has 1 saturated carbocycles. The van der Waals surface area contributed by atoms with Crippen molar-refractivity contribution >= 4 is 23.4 Å². The second-order valence-electron chi connectivity index (χ2n) is 6.87. The van der Waals surface area contributed by atoms with Crippen molar-refractivity contribution in [2.75, 3.05) is 17.2 Å². The first kappa shape index (κ1) is 16.8. The summed E-state index contributed by atoms with van der Waals surface area (Å²) < 4.78 is 0. The topological polar surface area (TPSA) is 46.3 Å². The first-order valence-corrected chi connectivity index (χ1v) is 10.0. The predicted molar refractivity (Wildman–Crippen MR) is 97.9 cm³/mol. The Balaban J connectivity index is 1.57. The lowest BCUT2D eigenvalue weighted by Gasteiger charge is -2.25. The van der Waals surface area contributed by atoms with Crippen molar-refractivity contribution in [3.05, 3.63) is 24.3 Å². The molecule has 1 aromatic carbocycles. The standard InChI is InChI=1S/C19H28N2OS/c20-16-14-23-18-12-5-4-11-17(18)21(19(16)22)13-7-6-10-15-8-2-1-3-9-15/h4-5,11-12,15-16H,1-3,6-10,13-14,20H2/t16-/m0/s1. The summed E-state index contributed by atoms with van der Waals surface area (Å²) in [7, 11) is 0. The molecule has 2 N–H and O–H groups in total. The summed E-state index contributed by atoms with van der Waals surface area (Å²) in [5.41, 5.74) is 7.11. The third-order valence-electron chi connectivity index (χ3n) is 5.13. The monoisotopic (exact) mass is 332 g/mol. The molecule has 1 aliphatic carbocycles. The normalized spacial score (nSPS) is 22.7. The number of fused-ring (bicyclic) bond motifs is 1. The summed E-state index contributed by atoms with van der Waals surface area (Å²) in [6, 6.07) is 7.82.